The lowest BCUT2D eigenvalue weighted by Crippen LogP contribution is -2.40. The molecule has 1 N–H and O–H groups in total. The zero-order valence-corrected chi connectivity index (χ0v) is 11.6. The SMILES string of the molecule is CNC(c1cc(F)cc(F)c1)C(OC)C(C)(C)C. The second kappa shape index (κ2) is 5.76. The van der Waals surface area contributed by atoms with Crippen LogP contribution in [0, 0.1) is 17.0 Å². The Morgan fingerprint density at radius 2 is 1.61 bits per heavy atom. The molecule has 0 bridgehead atoms. The van der Waals surface area contributed by atoms with Crippen molar-refractivity contribution in [1.29, 1.82) is 0 Å². The molecule has 2 nitrogen and oxygen atoms in total. The van der Waals surface area contributed by atoms with Crippen molar-refractivity contribution in [2.45, 2.75) is 32.9 Å². The van der Waals surface area contributed by atoms with E-state index in [0.717, 1.165) is 6.07 Å². The lowest BCUT2D eigenvalue weighted by Gasteiger charge is -2.36. The monoisotopic (exact) mass is 257 g/mol. The van der Waals surface area contributed by atoms with E-state index in [1.165, 1.54) is 12.1 Å². The Labute approximate surface area is 107 Å². The predicted molar refractivity (Wildman–Crippen MR) is 68.4 cm³/mol. The molecule has 18 heavy (non-hydrogen) atoms. The van der Waals surface area contributed by atoms with Gasteiger partial charge in [-0.15, -0.1) is 0 Å². The maximum Gasteiger partial charge on any atom is 0.126 e. The number of halogens is 2. The number of rotatable bonds is 4. The largest absolute Gasteiger partial charge is 0.379 e. The topological polar surface area (TPSA) is 21.3 Å². The van der Waals surface area contributed by atoms with Gasteiger partial charge < -0.3 is 10.1 Å². The Morgan fingerprint density at radius 3 is 1.94 bits per heavy atom. The van der Waals surface area contributed by atoms with Gasteiger partial charge in [-0.2, -0.15) is 0 Å². The number of nitrogens with one attached hydrogen (secondary N) is 1. The van der Waals surface area contributed by atoms with E-state index in [0.29, 0.717) is 5.56 Å². The van der Waals surface area contributed by atoms with E-state index in [-0.39, 0.29) is 17.6 Å². The molecule has 0 saturated carbocycles. The van der Waals surface area contributed by atoms with Gasteiger partial charge in [0.15, 0.2) is 0 Å². The van der Waals surface area contributed by atoms with Gasteiger partial charge in [0.1, 0.15) is 11.6 Å². The van der Waals surface area contributed by atoms with Crippen molar-refractivity contribution in [3.8, 4) is 0 Å². The molecule has 0 aromatic heterocycles. The number of likely N-dealkylation sites (N-methyl/N-ethyl adjacent to an activating group) is 1. The Morgan fingerprint density at radius 1 is 1.11 bits per heavy atom. The molecular formula is C14H21F2NO. The fraction of sp³-hybridized carbons (Fsp3) is 0.571. The molecule has 0 amide bonds. The van der Waals surface area contributed by atoms with Crippen LogP contribution in [0.5, 0.6) is 0 Å². The lowest BCUT2D eigenvalue weighted by molar-refractivity contribution is -0.0103. The molecule has 2 unspecified atom stereocenters. The minimum atomic E-state index is -0.575. The number of benzene rings is 1. The molecule has 0 fully saturated rings. The van der Waals surface area contributed by atoms with Crippen molar-refractivity contribution >= 4 is 0 Å². The molecule has 0 aliphatic heterocycles. The fourth-order valence-corrected chi connectivity index (χ4v) is 2.24. The maximum atomic E-state index is 13.3. The van der Waals surface area contributed by atoms with Crippen molar-refractivity contribution in [1.82, 2.24) is 5.32 Å². The quantitative estimate of drug-likeness (QED) is 0.893. The van der Waals surface area contributed by atoms with Crippen LogP contribution in [0.25, 0.3) is 0 Å². The molecule has 1 rings (SSSR count). The van der Waals surface area contributed by atoms with Crippen molar-refractivity contribution in [2.75, 3.05) is 14.2 Å². The highest BCUT2D eigenvalue weighted by Crippen LogP contribution is 2.32. The average Bonchev–Trinajstić information content (AvgIpc) is 2.22. The Balaban J connectivity index is 3.15. The summed E-state index contributed by atoms with van der Waals surface area (Å²) in [7, 11) is 3.36. The number of hydrogen-bond acceptors (Lipinski definition) is 2. The Hall–Kier alpha value is -1.00. The van der Waals surface area contributed by atoms with Crippen LogP contribution in [0.4, 0.5) is 8.78 Å². The maximum absolute atomic E-state index is 13.3. The van der Waals surface area contributed by atoms with Crippen molar-refractivity contribution in [2.24, 2.45) is 5.41 Å². The van der Waals surface area contributed by atoms with Crippen LogP contribution in [0.2, 0.25) is 0 Å². The number of ether oxygens (including phenoxy) is 1. The molecule has 0 aliphatic carbocycles. The summed E-state index contributed by atoms with van der Waals surface area (Å²) < 4.78 is 32.1. The highest BCUT2D eigenvalue weighted by Gasteiger charge is 2.32. The molecule has 0 aliphatic rings. The lowest BCUT2D eigenvalue weighted by atomic mass is 9.82. The van der Waals surface area contributed by atoms with Crippen molar-refractivity contribution in [3.05, 3.63) is 35.4 Å². The summed E-state index contributed by atoms with van der Waals surface area (Å²) in [6, 6.07) is 3.28. The minimum absolute atomic E-state index is 0.148. The van der Waals surface area contributed by atoms with Crippen molar-refractivity contribution in [3.63, 3.8) is 0 Å². The average molecular weight is 257 g/mol. The first kappa shape index (κ1) is 15.1. The molecule has 0 radical (unpaired) electrons. The standard InChI is InChI=1S/C14H21F2NO/c1-14(2,3)13(18-5)12(17-4)9-6-10(15)8-11(16)7-9/h6-8,12-13,17H,1-5H3. The highest BCUT2D eigenvalue weighted by atomic mass is 19.1. The molecule has 0 heterocycles. The summed E-state index contributed by atoms with van der Waals surface area (Å²) >= 11 is 0. The molecule has 1 aromatic carbocycles. The van der Waals surface area contributed by atoms with Gasteiger partial charge in [0.2, 0.25) is 0 Å². The minimum Gasteiger partial charge on any atom is -0.379 e. The summed E-state index contributed by atoms with van der Waals surface area (Å²) in [6.45, 7) is 6.09. The highest BCUT2D eigenvalue weighted by molar-refractivity contribution is 5.23. The molecule has 0 spiro atoms. The van der Waals surface area contributed by atoms with Crippen LogP contribution in [-0.2, 0) is 4.74 Å². The zero-order chi connectivity index (χ0) is 13.9. The second-order valence-corrected chi connectivity index (χ2v) is 5.49. The summed E-state index contributed by atoms with van der Waals surface area (Å²) in [5, 5.41) is 3.07. The Kier molecular flexibility index (Phi) is 4.82. The van der Waals surface area contributed by atoms with Gasteiger partial charge in [0.25, 0.3) is 0 Å². The van der Waals surface area contributed by atoms with Gasteiger partial charge in [-0.3, -0.25) is 0 Å². The molecule has 2 atom stereocenters. The van der Waals surface area contributed by atoms with Crippen LogP contribution in [0.1, 0.15) is 32.4 Å². The smallest absolute Gasteiger partial charge is 0.126 e. The van der Waals surface area contributed by atoms with E-state index in [1.54, 1.807) is 14.2 Å². The van der Waals surface area contributed by atoms with Gasteiger partial charge in [-0.1, -0.05) is 20.8 Å². The van der Waals surface area contributed by atoms with Gasteiger partial charge in [0.05, 0.1) is 12.1 Å². The van der Waals surface area contributed by atoms with Crippen LogP contribution in [-0.4, -0.2) is 20.3 Å². The van der Waals surface area contributed by atoms with E-state index < -0.39 is 11.6 Å². The molecule has 4 heteroatoms. The molecule has 1 aromatic rings. The molecule has 102 valence electrons. The molecular weight excluding hydrogens is 236 g/mol. The second-order valence-electron chi connectivity index (χ2n) is 5.49. The number of methoxy groups -OCH3 is 1. The van der Waals surface area contributed by atoms with Crippen LogP contribution in [0.15, 0.2) is 18.2 Å². The third-order valence-electron chi connectivity index (χ3n) is 2.97. The fourth-order valence-electron chi connectivity index (χ4n) is 2.24. The van der Waals surface area contributed by atoms with E-state index in [1.807, 2.05) is 20.8 Å². The predicted octanol–water partition coefficient (Wildman–Crippen LogP) is 3.29. The first-order valence-corrected chi connectivity index (χ1v) is 5.95. The first-order valence-electron chi connectivity index (χ1n) is 5.95. The summed E-state index contributed by atoms with van der Waals surface area (Å²) in [5.74, 6) is -1.15. The van der Waals surface area contributed by atoms with E-state index in [4.69, 9.17) is 4.74 Å². The zero-order valence-electron chi connectivity index (χ0n) is 11.6. The first-order chi connectivity index (χ1) is 8.29. The molecule has 0 saturated heterocycles. The van der Waals surface area contributed by atoms with Gasteiger partial charge in [-0.05, 0) is 30.2 Å². The van der Waals surface area contributed by atoms with E-state index >= 15 is 0 Å². The van der Waals surface area contributed by atoms with Crippen LogP contribution >= 0.6 is 0 Å². The third-order valence-corrected chi connectivity index (χ3v) is 2.97. The normalized spacial score (nSPS) is 15.5. The summed E-state index contributed by atoms with van der Waals surface area (Å²) in [5.41, 5.74) is 0.405. The number of hydrogen-bond donors (Lipinski definition) is 1. The summed E-state index contributed by atoms with van der Waals surface area (Å²) in [4.78, 5) is 0. The van der Waals surface area contributed by atoms with E-state index in [2.05, 4.69) is 5.32 Å². The van der Waals surface area contributed by atoms with Crippen molar-refractivity contribution < 1.29 is 13.5 Å². The van der Waals surface area contributed by atoms with E-state index in [9.17, 15) is 8.78 Å². The van der Waals surface area contributed by atoms with Gasteiger partial charge in [0, 0.05) is 13.2 Å². The van der Waals surface area contributed by atoms with Gasteiger partial charge >= 0.3 is 0 Å². The summed E-state index contributed by atoms with van der Waals surface area (Å²) in [6.07, 6.45) is -0.191. The Bertz CT molecular complexity index is 381. The third kappa shape index (κ3) is 3.50. The van der Waals surface area contributed by atoms with Crippen LogP contribution in [0.3, 0.4) is 0 Å². The van der Waals surface area contributed by atoms with Crippen LogP contribution < -0.4 is 5.32 Å². The van der Waals surface area contributed by atoms with Gasteiger partial charge in [-0.25, -0.2) is 8.78 Å².